The van der Waals surface area contributed by atoms with Gasteiger partial charge in [-0.3, -0.25) is 0 Å². The number of hydrogen-bond donors (Lipinski definition) is 1. The molecule has 0 bridgehead atoms. The first-order valence-electron chi connectivity index (χ1n) is 6.61. The zero-order valence-corrected chi connectivity index (χ0v) is 11.2. The lowest BCUT2D eigenvalue weighted by atomic mass is 9.92. The Kier molecular flexibility index (Phi) is 4.75. The number of nitrogens with one attached hydrogen (secondary N) is 1. The van der Waals surface area contributed by atoms with Crippen LogP contribution in [-0.4, -0.2) is 25.6 Å². The molecule has 1 aliphatic carbocycles. The Morgan fingerprint density at radius 3 is 2.45 bits per heavy atom. The minimum absolute atomic E-state index is 0.207. The third-order valence-corrected chi connectivity index (χ3v) is 3.42. The van der Waals surface area contributed by atoms with Gasteiger partial charge in [0.1, 0.15) is 5.75 Å². The Balaban J connectivity index is 1.90. The van der Waals surface area contributed by atoms with Crippen LogP contribution in [0.5, 0.6) is 5.75 Å². The number of ether oxygens (including phenoxy) is 2. The van der Waals surface area contributed by atoms with Crippen LogP contribution in [0.25, 0.3) is 0 Å². The van der Waals surface area contributed by atoms with Crippen LogP contribution >= 0.6 is 0 Å². The topological polar surface area (TPSA) is 30.5 Å². The maximum atomic E-state index is 12.0. The molecule has 20 heavy (non-hydrogen) atoms. The highest BCUT2D eigenvalue weighted by molar-refractivity contribution is 5.47. The first kappa shape index (κ1) is 15.0. The summed E-state index contributed by atoms with van der Waals surface area (Å²) in [5.74, 6) is -0.207. The van der Waals surface area contributed by atoms with Gasteiger partial charge < -0.3 is 14.8 Å². The van der Waals surface area contributed by atoms with Gasteiger partial charge in [0, 0.05) is 18.8 Å². The molecule has 0 saturated heterocycles. The third kappa shape index (κ3) is 4.59. The van der Waals surface area contributed by atoms with E-state index in [-0.39, 0.29) is 11.9 Å². The summed E-state index contributed by atoms with van der Waals surface area (Å²) in [4.78, 5) is 0. The predicted octanol–water partition coefficient (Wildman–Crippen LogP) is 3.95. The van der Waals surface area contributed by atoms with E-state index >= 15 is 0 Å². The summed E-state index contributed by atoms with van der Waals surface area (Å²) in [5, 5.41) is 3.32. The predicted molar refractivity (Wildman–Crippen MR) is 69.8 cm³/mol. The molecule has 1 N–H and O–H groups in total. The first-order valence-corrected chi connectivity index (χ1v) is 6.61. The molecule has 112 valence electrons. The van der Waals surface area contributed by atoms with Gasteiger partial charge in [-0.1, -0.05) is 0 Å². The van der Waals surface area contributed by atoms with Gasteiger partial charge in [-0.25, -0.2) is 0 Å². The summed E-state index contributed by atoms with van der Waals surface area (Å²) >= 11 is 0. The number of anilines is 1. The molecule has 0 spiro atoms. The second-order valence-corrected chi connectivity index (χ2v) is 4.94. The van der Waals surface area contributed by atoms with Crippen LogP contribution in [0.2, 0.25) is 0 Å². The molecule has 1 fully saturated rings. The average molecular weight is 289 g/mol. The van der Waals surface area contributed by atoms with Gasteiger partial charge >= 0.3 is 6.36 Å². The summed E-state index contributed by atoms with van der Waals surface area (Å²) in [5.41, 5.74) is 0.793. The van der Waals surface area contributed by atoms with Crippen molar-refractivity contribution in [2.45, 2.75) is 44.2 Å². The second-order valence-electron chi connectivity index (χ2n) is 4.94. The van der Waals surface area contributed by atoms with E-state index in [4.69, 9.17) is 4.74 Å². The van der Waals surface area contributed by atoms with Crippen molar-refractivity contribution in [2.75, 3.05) is 12.4 Å². The van der Waals surface area contributed by atoms with Crippen molar-refractivity contribution in [1.82, 2.24) is 0 Å². The van der Waals surface area contributed by atoms with Gasteiger partial charge in [0.25, 0.3) is 0 Å². The number of benzene rings is 1. The summed E-state index contributed by atoms with van der Waals surface area (Å²) in [6, 6.07) is 6.11. The summed E-state index contributed by atoms with van der Waals surface area (Å²) in [6.45, 7) is 0. The van der Waals surface area contributed by atoms with E-state index in [0.717, 1.165) is 31.4 Å². The molecule has 3 nitrogen and oxygen atoms in total. The zero-order valence-electron chi connectivity index (χ0n) is 11.2. The molecule has 1 aliphatic rings. The monoisotopic (exact) mass is 289 g/mol. The number of rotatable bonds is 4. The van der Waals surface area contributed by atoms with E-state index in [2.05, 4.69) is 10.1 Å². The summed E-state index contributed by atoms with van der Waals surface area (Å²) in [7, 11) is 1.70. The Morgan fingerprint density at radius 2 is 1.85 bits per heavy atom. The van der Waals surface area contributed by atoms with Gasteiger partial charge in [0.05, 0.1) is 6.10 Å². The lowest BCUT2D eigenvalue weighted by molar-refractivity contribution is -0.274. The minimum atomic E-state index is -4.65. The summed E-state index contributed by atoms with van der Waals surface area (Å²) < 4.78 is 45.3. The molecule has 0 radical (unpaired) electrons. The molecule has 0 heterocycles. The zero-order chi connectivity index (χ0) is 14.6. The highest BCUT2D eigenvalue weighted by Gasteiger charge is 2.31. The highest BCUT2D eigenvalue weighted by atomic mass is 19.4. The number of hydrogen-bond acceptors (Lipinski definition) is 3. The van der Waals surface area contributed by atoms with Crippen molar-refractivity contribution in [1.29, 1.82) is 0 Å². The Bertz CT molecular complexity index is 419. The maximum absolute atomic E-state index is 12.0. The first-order chi connectivity index (χ1) is 9.46. The van der Waals surface area contributed by atoms with Crippen LogP contribution in [0.4, 0.5) is 18.9 Å². The summed E-state index contributed by atoms with van der Waals surface area (Å²) in [6.07, 6.45) is -0.283. The van der Waals surface area contributed by atoms with E-state index in [1.807, 2.05) is 0 Å². The fourth-order valence-electron chi connectivity index (χ4n) is 2.48. The average Bonchev–Trinajstić information content (AvgIpc) is 2.40. The molecule has 0 amide bonds. The largest absolute Gasteiger partial charge is 0.573 e. The molecule has 2 atom stereocenters. The Hall–Kier alpha value is -1.43. The van der Waals surface area contributed by atoms with Gasteiger partial charge in [0.2, 0.25) is 0 Å². The number of alkyl halides is 3. The van der Waals surface area contributed by atoms with Crippen LogP contribution in [0.15, 0.2) is 24.3 Å². The minimum Gasteiger partial charge on any atom is -0.406 e. The SMILES string of the molecule is COC1CCCC(Nc2ccc(OC(F)(F)F)cc2)C1. The lowest BCUT2D eigenvalue weighted by Gasteiger charge is -2.29. The van der Waals surface area contributed by atoms with Crippen LogP contribution < -0.4 is 10.1 Å². The molecule has 1 aromatic carbocycles. The number of methoxy groups -OCH3 is 1. The van der Waals surface area contributed by atoms with Crippen molar-refractivity contribution >= 4 is 5.69 Å². The van der Waals surface area contributed by atoms with Crippen molar-refractivity contribution in [3.8, 4) is 5.75 Å². The van der Waals surface area contributed by atoms with E-state index in [1.54, 1.807) is 19.2 Å². The Morgan fingerprint density at radius 1 is 1.15 bits per heavy atom. The van der Waals surface area contributed by atoms with Gasteiger partial charge in [-0.05, 0) is 49.9 Å². The molecule has 2 rings (SSSR count). The molecule has 1 saturated carbocycles. The molecule has 6 heteroatoms. The van der Waals surface area contributed by atoms with Crippen LogP contribution in [0.3, 0.4) is 0 Å². The lowest BCUT2D eigenvalue weighted by Crippen LogP contribution is -2.30. The highest BCUT2D eigenvalue weighted by Crippen LogP contribution is 2.27. The van der Waals surface area contributed by atoms with E-state index in [1.165, 1.54) is 12.1 Å². The van der Waals surface area contributed by atoms with E-state index in [9.17, 15) is 13.2 Å². The van der Waals surface area contributed by atoms with Crippen LogP contribution in [-0.2, 0) is 4.74 Å². The van der Waals surface area contributed by atoms with Crippen molar-refractivity contribution < 1.29 is 22.6 Å². The van der Waals surface area contributed by atoms with Crippen LogP contribution in [0, 0.1) is 0 Å². The van der Waals surface area contributed by atoms with Gasteiger partial charge in [-0.15, -0.1) is 13.2 Å². The molecular weight excluding hydrogens is 271 g/mol. The molecule has 0 aromatic heterocycles. The molecule has 1 aromatic rings. The van der Waals surface area contributed by atoms with Gasteiger partial charge in [-0.2, -0.15) is 0 Å². The van der Waals surface area contributed by atoms with Crippen LogP contribution in [0.1, 0.15) is 25.7 Å². The molecular formula is C14H18F3NO2. The van der Waals surface area contributed by atoms with Crippen molar-refractivity contribution in [3.63, 3.8) is 0 Å². The molecule has 0 aliphatic heterocycles. The van der Waals surface area contributed by atoms with E-state index < -0.39 is 6.36 Å². The second kappa shape index (κ2) is 6.35. The normalized spacial score (nSPS) is 23.4. The quantitative estimate of drug-likeness (QED) is 0.910. The van der Waals surface area contributed by atoms with Crippen molar-refractivity contribution in [2.24, 2.45) is 0 Å². The standard InChI is InChI=1S/C14H18F3NO2/c1-19-13-4-2-3-11(9-13)18-10-5-7-12(8-6-10)20-14(15,16)17/h5-8,11,13,18H,2-4,9H2,1H3. The fourth-order valence-corrected chi connectivity index (χ4v) is 2.48. The third-order valence-electron chi connectivity index (χ3n) is 3.42. The van der Waals surface area contributed by atoms with Gasteiger partial charge in [0.15, 0.2) is 0 Å². The Labute approximate surface area is 116 Å². The fraction of sp³-hybridized carbons (Fsp3) is 0.571. The van der Waals surface area contributed by atoms with Crippen molar-refractivity contribution in [3.05, 3.63) is 24.3 Å². The van der Waals surface area contributed by atoms with E-state index in [0.29, 0.717) is 6.04 Å². The molecule has 2 unspecified atom stereocenters. The maximum Gasteiger partial charge on any atom is 0.573 e. The smallest absolute Gasteiger partial charge is 0.406 e. The number of halogens is 3.